The van der Waals surface area contributed by atoms with Crippen molar-refractivity contribution in [2.24, 2.45) is 5.92 Å². The Labute approximate surface area is 166 Å². The Kier molecular flexibility index (Phi) is 5.13. The quantitative estimate of drug-likeness (QED) is 0.622. The second kappa shape index (κ2) is 7.71. The van der Waals surface area contributed by atoms with Gasteiger partial charge in [-0.2, -0.15) is 0 Å². The molecule has 28 heavy (non-hydrogen) atoms. The van der Waals surface area contributed by atoms with Crippen LogP contribution in [-0.4, -0.2) is 46.6 Å². The number of rotatable bonds is 4. The Morgan fingerprint density at radius 1 is 1.43 bits per heavy atom. The zero-order valence-corrected chi connectivity index (χ0v) is 16.6. The van der Waals surface area contributed by atoms with Gasteiger partial charge in [-0.25, -0.2) is 4.98 Å². The maximum atomic E-state index is 13.4. The molecule has 0 N–H and O–H groups in total. The molecule has 0 unspecified atom stereocenters. The second-order valence-corrected chi connectivity index (χ2v) is 7.77. The highest BCUT2D eigenvalue weighted by molar-refractivity contribution is 7.13. The summed E-state index contributed by atoms with van der Waals surface area (Å²) >= 11 is 1.55. The minimum absolute atomic E-state index is 0.134. The molecule has 1 fully saturated rings. The smallest absolute Gasteiger partial charge is 0.310 e. The molecule has 1 atom stereocenters. The van der Waals surface area contributed by atoms with Gasteiger partial charge in [0.1, 0.15) is 0 Å². The van der Waals surface area contributed by atoms with Crippen LogP contribution in [0.5, 0.6) is 0 Å². The Bertz CT molecular complexity index is 1010. The second-order valence-electron chi connectivity index (χ2n) is 6.82. The van der Waals surface area contributed by atoms with Crippen LogP contribution in [0.15, 0.2) is 28.1 Å². The number of pyridine rings is 1. The molecule has 0 saturated carbocycles. The number of carbonyl (C=O) groups is 2. The fraction of sp³-hybridized carbons (Fsp3) is 0.400. The lowest BCUT2D eigenvalue weighted by Gasteiger charge is -2.31. The molecular weight excluding hydrogens is 378 g/mol. The molecule has 0 aliphatic carbocycles. The van der Waals surface area contributed by atoms with E-state index in [-0.39, 0.29) is 17.8 Å². The molecule has 3 aromatic rings. The highest BCUT2D eigenvalue weighted by Gasteiger charge is 2.31. The lowest BCUT2D eigenvalue weighted by Crippen LogP contribution is -2.42. The number of aryl methyl sites for hydroxylation is 1. The van der Waals surface area contributed by atoms with Gasteiger partial charge in [0.05, 0.1) is 39.7 Å². The van der Waals surface area contributed by atoms with Crippen LogP contribution in [-0.2, 0) is 9.53 Å². The van der Waals surface area contributed by atoms with Crippen LogP contribution in [0.25, 0.3) is 21.7 Å². The molecule has 0 spiro atoms. The van der Waals surface area contributed by atoms with E-state index in [1.807, 2.05) is 17.5 Å². The number of thiophene rings is 1. The highest BCUT2D eigenvalue weighted by Crippen LogP contribution is 2.31. The van der Waals surface area contributed by atoms with Gasteiger partial charge in [-0.15, -0.1) is 11.3 Å². The molecule has 3 aromatic heterocycles. The first-order valence-corrected chi connectivity index (χ1v) is 10.2. The van der Waals surface area contributed by atoms with E-state index in [4.69, 9.17) is 9.26 Å². The van der Waals surface area contributed by atoms with Gasteiger partial charge in [-0.3, -0.25) is 9.59 Å². The van der Waals surface area contributed by atoms with Crippen LogP contribution in [0.2, 0.25) is 0 Å². The van der Waals surface area contributed by atoms with Crippen LogP contribution < -0.4 is 0 Å². The van der Waals surface area contributed by atoms with Gasteiger partial charge in [0, 0.05) is 13.1 Å². The van der Waals surface area contributed by atoms with Crippen molar-refractivity contribution in [2.75, 3.05) is 19.7 Å². The van der Waals surface area contributed by atoms with E-state index in [1.165, 1.54) is 0 Å². The fourth-order valence-corrected chi connectivity index (χ4v) is 4.28. The molecule has 0 aromatic carbocycles. The van der Waals surface area contributed by atoms with Gasteiger partial charge in [0.15, 0.2) is 0 Å². The van der Waals surface area contributed by atoms with E-state index in [9.17, 15) is 9.59 Å². The molecular formula is C20H21N3O4S. The summed E-state index contributed by atoms with van der Waals surface area (Å²) in [5, 5.41) is 6.58. The standard InChI is InChI=1S/C20H21N3O4S/c1-3-26-20(25)13-6-4-8-23(11-13)19(24)14-10-15(16-7-5-9-28-16)21-18-17(14)12(2)22-27-18/h5,7,9-10,13H,3-4,6,8,11H2,1-2H3/t13-/m1/s1. The fourth-order valence-electron chi connectivity index (χ4n) is 3.60. The summed E-state index contributed by atoms with van der Waals surface area (Å²) < 4.78 is 10.5. The van der Waals surface area contributed by atoms with Crippen molar-refractivity contribution >= 4 is 34.3 Å². The predicted molar refractivity (Wildman–Crippen MR) is 105 cm³/mol. The SMILES string of the molecule is CCOC(=O)[C@@H]1CCCN(C(=O)c2cc(-c3cccs3)nc3onc(C)c23)C1. The average molecular weight is 399 g/mol. The number of nitrogens with zero attached hydrogens (tertiary/aromatic N) is 3. The molecule has 146 valence electrons. The van der Waals surface area contributed by atoms with E-state index in [2.05, 4.69) is 10.1 Å². The molecule has 7 nitrogen and oxygen atoms in total. The molecule has 0 radical (unpaired) electrons. The monoisotopic (exact) mass is 399 g/mol. The van der Waals surface area contributed by atoms with Crippen molar-refractivity contribution in [3.63, 3.8) is 0 Å². The Hall–Kier alpha value is -2.74. The van der Waals surface area contributed by atoms with Gasteiger partial charge in [-0.1, -0.05) is 11.2 Å². The molecule has 8 heteroatoms. The third-order valence-electron chi connectivity index (χ3n) is 4.95. The molecule has 1 aliphatic rings. The number of esters is 1. The van der Waals surface area contributed by atoms with Crippen molar-refractivity contribution in [2.45, 2.75) is 26.7 Å². The van der Waals surface area contributed by atoms with Crippen LogP contribution in [0, 0.1) is 12.8 Å². The third-order valence-corrected chi connectivity index (χ3v) is 5.84. The van der Waals surface area contributed by atoms with Gasteiger partial charge in [-0.05, 0) is 44.2 Å². The lowest BCUT2D eigenvalue weighted by atomic mass is 9.97. The van der Waals surface area contributed by atoms with E-state index in [0.29, 0.717) is 47.7 Å². The number of likely N-dealkylation sites (tertiary alicyclic amines) is 1. The summed E-state index contributed by atoms with van der Waals surface area (Å²) in [6, 6.07) is 5.69. The first kappa shape index (κ1) is 18.6. The van der Waals surface area contributed by atoms with Crippen LogP contribution in [0.1, 0.15) is 35.8 Å². The van der Waals surface area contributed by atoms with Gasteiger partial charge in [0.2, 0.25) is 0 Å². The molecule has 4 heterocycles. The number of hydrogen-bond acceptors (Lipinski definition) is 7. The average Bonchev–Trinajstić information content (AvgIpc) is 3.37. The van der Waals surface area contributed by atoms with E-state index < -0.39 is 0 Å². The van der Waals surface area contributed by atoms with E-state index >= 15 is 0 Å². The van der Waals surface area contributed by atoms with Gasteiger partial charge < -0.3 is 14.2 Å². The number of aromatic nitrogens is 2. The first-order chi connectivity index (χ1) is 13.6. The van der Waals surface area contributed by atoms with Crippen LogP contribution in [0.3, 0.4) is 0 Å². The maximum Gasteiger partial charge on any atom is 0.310 e. The largest absolute Gasteiger partial charge is 0.466 e. The summed E-state index contributed by atoms with van der Waals surface area (Å²) in [6.45, 7) is 4.90. The molecule has 1 amide bonds. The normalized spacial score (nSPS) is 17.1. The zero-order chi connectivity index (χ0) is 19.7. The number of piperidine rings is 1. The molecule has 0 bridgehead atoms. The lowest BCUT2D eigenvalue weighted by molar-refractivity contribution is -0.149. The minimum Gasteiger partial charge on any atom is -0.466 e. The van der Waals surface area contributed by atoms with Crippen molar-refractivity contribution in [3.8, 4) is 10.6 Å². The van der Waals surface area contributed by atoms with Crippen LogP contribution >= 0.6 is 11.3 Å². The molecule has 1 aliphatic heterocycles. The van der Waals surface area contributed by atoms with Gasteiger partial charge in [0.25, 0.3) is 11.6 Å². The molecule has 4 rings (SSSR count). The van der Waals surface area contributed by atoms with Gasteiger partial charge >= 0.3 is 5.97 Å². The highest BCUT2D eigenvalue weighted by atomic mass is 32.1. The topological polar surface area (TPSA) is 85.5 Å². The summed E-state index contributed by atoms with van der Waals surface area (Å²) in [7, 11) is 0. The molecule has 1 saturated heterocycles. The number of ether oxygens (including phenoxy) is 1. The number of hydrogen-bond donors (Lipinski definition) is 0. The van der Waals surface area contributed by atoms with Crippen molar-refractivity contribution in [3.05, 3.63) is 34.8 Å². The number of carbonyl (C=O) groups excluding carboxylic acids is 2. The maximum absolute atomic E-state index is 13.4. The zero-order valence-electron chi connectivity index (χ0n) is 15.8. The Morgan fingerprint density at radius 3 is 3.04 bits per heavy atom. The summed E-state index contributed by atoms with van der Waals surface area (Å²) in [5.74, 6) is -0.652. The van der Waals surface area contributed by atoms with Crippen molar-refractivity contribution < 1.29 is 18.8 Å². The van der Waals surface area contributed by atoms with Crippen LogP contribution in [0.4, 0.5) is 0 Å². The Morgan fingerprint density at radius 2 is 2.29 bits per heavy atom. The third kappa shape index (κ3) is 3.40. The minimum atomic E-state index is -0.282. The summed E-state index contributed by atoms with van der Waals surface area (Å²) in [6.07, 6.45) is 1.50. The number of amides is 1. The Balaban J connectivity index is 1.70. The van der Waals surface area contributed by atoms with E-state index in [1.54, 1.807) is 36.2 Å². The van der Waals surface area contributed by atoms with Crippen molar-refractivity contribution in [1.82, 2.24) is 15.0 Å². The first-order valence-electron chi connectivity index (χ1n) is 9.35. The summed E-state index contributed by atoms with van der Waals surface area (Å²) in [5.41, 5.74) is 2.17. The summed E-state index contributed by atoms with van der Waals surface area (Å²) in [4.78, 5) is 32.7. The predicted octanol–water partition coefficient (Wildman–Crippen LogP) is 3.68. The number of fused-ring (bicyclic) bond motifs is 1. The van der Waals surface area contributed by atoms with E-state index in [0.717, 1.165) is 17.7 Å². The van der Waals surface area contributed by atoms with Crippen molar-refractivity contribution in [1.29, 1.82) is 0 Å².